The molecule has 8 N–H and O–H groups in total. The zero-order valence-corrected chi connectivity index (χ0v) is 48.5. The van der Waals surface area contributed by atoms with E-state index in [4.69, 9.17) is 35.6 Å². The number of likely N-dealkylation sites (tertiary alicyclic amines) is 1. The number of carbonyl (C=O) groups excluding carboxylic acids is 2. The first kappa shape index (κ1) is 57.9. The van der Waals surface area contributed by atoms with Gasteiger partial charge in [0.15, 0.2) is 5.75 Å². The Kier molecular flexibility index (Phi) is 17.5. The number of nitrogens with one attached hydrogen (secondary N) is 3. The van der Waals surface area contributed by atoms with Crippen molar-refractivity contribution in [1.82, 2.24) is 40.7 Å². The minimum Gasteiger partial charge on any atom is -0.513 e. The molecule has 1 aliphatic carbocycles. The average Bonchev–Trinajstić information content (AvgIpc) is 2.61. The quantitative estimate of drug-likeness (QED) is 0.0152. The summed E-state index contributed by atoms with van der Waals surface area (Å²) >= 11 is 0. The first-order chi connectivity index (χ1) is 40.1. The summed E-state index contributed by atoms with van der Waals surface area (Å²) in [5, 5.41) is 31.6. The van der Waals surface area contributed by atoms with Crippen LogP contribution >= 0.6 is 0 Å². The van der Waals surface area contributed by atoms with Gasteiger partial charge in [-0.2, -0.15) is 20.2 Å². The monoisotopic (exact) mass is 1130 g/mol. The molecule has 3 aliphatic heterocycles. The van der Waals surface area contributed by atoms with Gasteiger partial charge < -0.3 is 51.2 Å². The maximum atomic E-state index is 16.1. The Morgan fingerprint density at radius 2 is 1.76 bits per heavy atom. The molecule has 83 heavy (non-hydrogen) atoms. The third-order valence-corrected chi connectivity index (χ3v) is 16.9. The molecule has 19 heteroatoms. The van der Waals surface area contributed by atoms with Gasteiger partial charge in [-0.3, -0.25) is 19.7 Å². The standard InChI is InChI=1S/C64H77FN12O6/c1-9-37(4)47(12-10-24-66)41-20-22-44(23-21-41)54(33-78)71-62(79)55-13-11-25-75(55)63(80)59(36(2)3)77(68-7)32-52(67)43-16-14-40(15-17-43)35-82-60-57(56-39(6)51(65)28-53-50(56)30-70-74-53)48(42-18-19-42)27-49-58(60)72-64(83-34-38(5)81-8)73-61(49)76-31-45-26-46(76)29-69-45/h10,12,14-17,20-24,27-28,30,32-33,36-38,42,45-46,55,59,69,78H,7,9,11,13,18-19,25-26,29,31,34-35,66-67H2,1-6,8H3,(H,70,74)(H,71,79)/b24-10-,47-12+,52-32-,54-33+/t37?,38-,45-,46-,55-,59-/m0/s1. The van der Waals surface area contributed by atoms with Crippen LogP contribution in [0, 0.1) is 24.6 Å². The molecule has 5 heterocycles. The number of hydrogen-bond acceptors (Lipinski definition) is 15. The highest BCUT2D eigenvalue weighted by Crippen LogP contribution is 2.53. The van der Waals surface area contributed by atoms with Gasteiger partial charge in [0.25, 0.3) is 0 Å². The number of allylic oxidation sites excluding steroid dienone is 3. The number of hydrogen-bond donors (Lipinski definition) is 6. The molecule has 3 saturated heterocycles. The summed E-state index contributed by atoms with van der Waals surface area (Å²) in [6.45, 7) is 18.0. The highest BCUT2D eigenvalue weighted by molar-refractivity contribution is 6.06. The van der Waals surface area contributed by atoms with Gasteiger partial charge in [-0.1, -0.05) is 82.3 Å². The first-order valence-corrected chi connectivity index (χ1v) is 28.9. The number of aromatic nitrogens is 4. The smallest absolute Gasteiger partial charge is 0.319 e. The number of nitrogens with zero attached hydrogens (tertiary/aromatic N) is 7. The molecule has 2 amide bonds. The maximum absolute atomic E-state index is 16.1. The minimum absolute atomic E-state index is 0.110. The highest BCUT2D eigenvalue weighted by Gasteiger charge is 2.42. The van der Waals surface area contributed by atoms with E-state index in [9.17, 15) is 14.7 Å². The van der Waals surface area contributed by atoms with Crippen LogP contribution in [0.1, 0.15) is 112 Å². The lowest BCUT2D eigenvalue weighted by Gasteiger charge is -2.34. The van der Waals surface area contributed by atoms with E-state index >= 15 is 4.39 Å². The van der Waals surface area contributed by atoms with Crippen molar-refractivity contribution >= 4 is 63.1 Å². The molecule has 10 rings (SSSR count). The van der Waals surface area contributed by atoms with Gasteiger partial charge in [0.2, 0.25) is 11.8 Å². The van der Waals surface area contributed by atoms with Crippen molar-refractivity contribution in [3.63, 3.8) is 0 Å². The van der Waals surface area contributed by atoms with Crippen LogP contribution in [0.4, 0.5) is 10.2 Å². The number of ether oxygens (including phenoxy) is 3. The zero-order valence-electron chi connectivity index (χ0n) is 48.5. The number of nitrogens with two attached hydrogens (primary N) is 2. The van der Waals surface area contributed by atoms with Crippen molar-refractivity contribution in [3.05, 3.63) is 137 Å². The number of carbonyl (C=O) groups is 2. The fourth-order valence-electron chi connectivity index (χ4n) is 11.9. The number of anilines is 1. The van der Waals surface area contributed by atoms with E-state index in [0.717, 1.165) is 89.5 Å². The molecule has 4 aliphatic rings. The second-order valence-corrected chi connectivity index (χ2v) is 22.8. The number of aromatic amines is 1. The fraction of sp³-hybridized carbons (Fsp3) is 0.406. The predicted octanol–water partition coefficient (Wildman–Crippen LogP) is 9.81. The van der Waals surface area contributed by atoms with Crippen LogP contribution in [0.3, 0.4) is 0 Å². The number of fused-ring (bicyclic) bond motifs is 4. The van der Waals surface area contributed by atoms with Crippen molar-refractivity contribution in [2.45, 2.75) is 123 Å². The lowest BCUT2D eigenvalue weighted by molar-refractivity contribution is -0.142. The number of aliphatic hydroxyl groups is 1. The third-order valence-electron chi connectivity index (χ3n) is 16.9. The number of H-pyrrole nitrogens is 1. The summed E-state index contributed by atoms with van der Waals surface area (Å²) in [6.07, 6.45) is 14.2. The molecule has 18 nitrogen and oxygen atoms in total. The SMILES string of the molecule is C=NN(/C=C(\N)c1ccc(COc2c(-c3c(C)c(F)cc4[nH]ncc34)c(C3CC3)cc3c(N4C[C@@H]5C[C@H]4CN5)nc(OC[C@H](C)OC)nc23)cc1)[C@H](C(=O)N1CCC[C@H]1C(=O)N/C(=C/O)c1ccc(/C(=C/C=C\N)C(C)CC)cc1)C(C)C. The predicted molar refractivity (Wildman–Crippen MR) is 324 cm³/mol. The summed E-state index contributed by atoms with van der Waals surface area (Å²) < 4.78 is 35.1. The number of methoxy groups -OCH3 is 1. The van der Waals surface area contributed by atoms with E-state index in [1.807, 2.05) is 81.5 Å². The maximum Gasteiger partial charge on any atom is 0.319 e. The van der Waals surface area contributed by atoms with Crippen LogP contribution in [0.25, 0.3) is 49.9 Å². The fourth-order valence-corrected chi connectivity index (χ4v) is 11.9. The van der Waals surface area contributed by atoms with E-state index in [1.54, 1.807) is 31.3 Å². The number of rotatable bonds is 23. The lowest BCUT2D eigenvalue weighted by Crippen LogP contribution is -2.53. The number of amides is 2. The van der Waals surface area contributed by atoms with Crippen LogP contribution in [0.15, 0.2) is 103 Å². The molecule has 436 valence electrons. The zero-order chi connectivity index (χ0) is 58.6. The van der Waals surface area contributed by atoms with Crippen molar-refractivity contribution < 1.29 is 33.3 Å². The summed E-state index contributed by atoms with van der Waals surface area (Å²) in [5.74, 6) is 0.396. The van der Waals surface area contributed by atoms with E-state index in [1.165, 1.54) is 17.3 Å². The second-order valence-electron chi connectivity index (χ2n) is 22.8. The summed E-state index contributed by atoms with van der Waals surface area (Å²) in [5.41, 5.74) is 21.3. The number of halogens is 1. The second kappa shape index (κ2) is 25.1. The Bertz CT molecular complexity index is 3500. The van der Waals surface area contributed by atoms with Crippen LogP contribution in [-0.2, 0) is 20.9 Å². The molecule has 6 atom stereocenters. The molecular formula is C64H77FN12O6. The molecule has 0 spiro atoms. The van der Waals surface area contributed by atoms with Gasteiger partial charge >= 0.3 is 6.01 Å². The Hall–Kier alpha value is -8.29. The molecule has 4 fully saturated rings. The molecule has 2 aromatic heterocycles. The van der Waals surface area contributed by atoms with Crippen molar-refractivity contribution in [2.24, 2.45) is 28.4 Å². The summed E-state index contributed by atoms with van der Waals surface area (Å²) in [6, 6.07) is 18.0. The van der Waals surface area contributed by atoms with Gasteiger partial charge in [-0.15, -0.1) is 0 Å². The minimum atomic E-state index is -0.856. The van der Waals surface area contributed by atoms with Gasteiger partial charge in [-0.05, 0) is 128 Å². The third kappa shape index (κ3) is 12.0. The number of piperazine rings is 1. The van der Waals surface area contributed by atoms with Crippen LogP contribution in [0.2, 0.25) is 0 Å². The Labute approximate surface area is 484 Å². The van der Waals surface area contributed by atoms with E-state index in [2.05, 4.69) is 57.5 Å². The van der Waals surface area contributed by atoms with Gasteiger partial charge in [0.1, 0.15) is 48.7 Å². The average molecular weight is 1130 g/mol. The van der Waals surface area contributed by atoms with Gasteiger partial charge in [0.05, 0.1) is 29.2 Å². The molecule has 4 aromatic carbocycles. The Morgan fingerprint density at radius 3 is 2.41 bits per heavy atom. The topological polar surface area (TPSA) is 235 Å². The van der Waals surface area contributed by atoms with Crippen LogP contribution in [0.5, 0.6) is 11.8 Å². The molecular weight excluding hydrogens is 1050 g/mol. The van der Waals surface area contributed by atoms with Crippen molar-refractivity contribution in [1.29, 1.82) is 0 Å². The molecule has 0 radical (unpaired) electrons. The lowest BCUT2D eigenvalue weighted by atomic mass is 9.88. The molecule has 1 saturated carbocycles. The summed E-state index contributed by atoms with van der Waals surface area (Å²) in [7, 11) is 1.64. The first-order valence-electron chi connectivity index (χ1n) is 28.9. The van der Waals surface area contributed by atoms with E-state index in [0.29, 0.717) is 70.2 Å². The number of aliphatic hydroxyl groups excluding tert-OH is 1. The van der Waals surface area contributed by atoms with Gasteiger partial charge in [-0.25, -0.2) is 4.39 Å². The normalized spacial score (nSPS) is 19.5. The van der Waals surface area contributed by atoms with E-state index in [-0.39, 0.29) is 66.5 Å². The highest BCUT2D eigenvalue weighted by atomic mass is 19.1. The van der Waals surface area contributed by atoms with Crippen LogP contribution in [-0.4, -0.2) is 117 Å². The largest absolute Gasteiger partial charge is 0.513 e. The van der Waals surface area contributed by atoms with E-state index < -0.39 is 18.0 Å². The molecule has 6 aromatic rings. The Balaban J connectivity index is 0.914. The van der Waals surface area contributed by atoms with Crippen LogP contribution < -0.4 is 36.5 Å². The van der Waals surface area contributed by atoms with Crippen molar-refractivity contribution in [2.75, 3.05) is 38.3 Å². The number of hydrazone groups is 1. The Morgan fingerprint density at radius 1 is 1.01 bits per heavy atom. The number of benzene rings is 4. The molecule has 1 unspecified atom stereocenters. The van der Waals surface area contributed by atoms with Crippen molar-refractivity contribution in [3.8, 4) is 22.9 Å². The summed E-state index contributed by atoms with van der Waals surface area (Å²) in [4.78, 5) is 42.9. The molecule has 2 bridgehead atoms. The van der Waals surface area contributed by atoms with Gasteiger partial charge in [0, 0.05) is 79.2 Å².